The Labute approximate surface area is 143 Å². The lowest BCUT2D eigenvalue weighted by atomic mass is 9.90. The SMILES string of the molecule is CC[C@@H](N)C(c1ccccc1)c1nc2cc(C)c(C)cc2[nH]1.Cl. The fourth-order valence-corrected chi connectivity index (χ4v) is 2.94. The molecule has 3 aromatic rings. The Bertz CT molecular complexity index is 741. The molecule has 0 fully saturated rings. The first kappa shape index (κ1) is 17.5. The summed E-state index contributed by atoms with van der Waals surface area (Å²) in [5.41, 5.74) is 12.3. The molecule has 0 amide bonds. The summed E-state index contributed by atoms with van der Waals surface area (Å²) in [4.78, 5) is 8.31. The molecular weight excluding hydrogens is 306 g/mol. The Hall–Kier alpha value is -1.84. The van der Waals surface area contributed by atoms with Gasteiger partial charge in [-0.05, 0) is 49.1 Å². The van der Waals surface area contributed by atoms with Crippen molar-refractivity contribution in [2.45, 2.75) is 39.2 Å². The lowest BCUT2D eigenvalue weighted by Gasteiger charge is -2.21. The minimum Gasteiger partial charge on any atom is -0.341 e. The number of rotatable bonds is 4. The van der Waals surface area contributed by atoms with Crippen LogP contribution in [0.1, 0.15) is 41.8 Å². The first-order valence-electron chi connectivity index (χ1n) is 7.87. The van der Waals surface area contributed by atoms with Gasteiger partial charge in [-0.3, -0.25) is 0 Å². The molecule has 0 aliphatic rings. The molecule has 2 atom stereocenters. The normalized spacial score (nSPS) is 13.6. The van der Waals surface area contributed by atoms with Gasteiger partial charge in [0.2, 0.25) is 0 Å². The maximum absolute atomic E-state index is 6.40. The van der Waals surface area contributed by atoms with Gasteiger partial charge in [0.1, 0.15) is 5.82 Å². The molecule has 3 N–H and O–H groups in total. The van der Waals surface area contributed by atoms with Gasteiger partial charge in [0, 0.05) is 6.04 Å². The van der Waals surface area contributed by atoms with E-state index in [1.807, 2.05) is 6.07 Å². The third-order valence-corrected chi connectivity index (χ3v) is 4.47. The van der Waals surface area contributed by atoms with Crippen LogP contribution in [0, 0.1) is 13.8 Å². The maximum Gasteiger partial charge on any atom is 0.116 e. The van der Waals surface area contributed by atoms with Crippen LogP contribution in [0.15, 0.2) is 42.5 Å². The van der Waals surface area contributed by atoms with Crippen LogP contribution in [-0.2, 0) is 0 Å². The molecule has 122 valence electrons. The fourth-order valence-electron chi connectivity index (χ4n) is 2.94. The summed E-state index contributed by atoms with van der Waals surface area (Å²) < 4.78 is 0. The third-order valence-electron chi connectivity index (χ3n) is 4.47. The Balaban J connectivity index is 0.00000192. The summed E-state index contributed by atoms with van der Waals surface area (Å²) in [5.74, 6) is 1.06. The van der Waals surface area contributed by atoms with E-state index < -0.39 is 0 Å². The standard InChI is InChI=1S/C19H23N3.ClH/c1-4-15(20)18(14-8-6-5-7-9-14)19-21-16-10-12(2)13(3)11-17(16)22-19;/h5-11,15,18H,4,20H2,1-3H3,(H,21,22);1H/t15-,18?;/m1./s1. The van der Waals surface area contributed by atoms with Gasteiger partial charge in [0.05, 0.1) is 17.0 Å². The van der Waals surface area contributed by atoms with Gasteiger partial charge in [-0.2, -0.15) is 0 Å². The monoisotopic (exact) mass is 329 g/mol. The molecule has 0 saturated carbocycles. The van der Waals surface area contributed by atoms with E-state index >= 15 is 0 Å². The number of halogens is 1. The van der Waals surface area contributed by atoms with Crippen LogP contribution in [0.2, 0.25) is 0 Å². The minimum atomic E-state index is 0. The molecule has 2 aromatic carbocycles. The summed E-state index contributed by atoms with van der Waals surface area (Å²) in [5, 5.41) is 0. The number of benzene rings is 2. The van der Waals surface area contributed by atoms with Crippen molar-refractivity contribution in [3.8, 4) is 0 Å². The second-order valence-corrected chi connectivity index (χ2v) is 6.04. The number of fused-ring (bicyclic) bond motifs is 1. The number of imidazole rings is 1. The topological polar surface area (TPSA) is 54.7 Å². The smallest absolute Gasteiger partial charge is 0.116 e. The van der Waals surface area contributed by atoms with Crippen LogP contribution >= 0.6 is 12.4 Å². The van der Waals surface area contributed by atoms with Gasteiger partial charge >= 0.3 is 0 Å². The Morgan fingerprint density at radius 3 is 2.39 bits per heavy atom. The van der Waals surface area contributed by atoms with Gasteiger partial charge < -0.3 is 10.7 Å². The van der Waals surface area contributed by atoms with Crippen molar-refractivity contribution in [3.63, 3.8) is 0 Å². The number of nitrogens with zero attached hydrogens (tertiary/aromatic N) is 1. The van der Waals surface area contributed by atoms with Crippen molar-refractivity contribution < 1.29 is 0 Å². The van der Waals surface area contributed by atoms with Gasteiger partial charge in [-0.25, -0.2) is 4.98 Å². The molecule has 0 saturated heterocycles. The minimum absolute atomic E-state index is 0. The number of nitrogens with two attached hydrogens (primary N) is 1. The second-order valence-electron chi connectivity index (χ2n) is 6.04. The van der Waals surface area contributed by atoms with E-state index in [9.17, 15) is 0 Å². The number of nitrogens with one attached hydrogen (secondary N) is 1. The Morgan fingerprint density at radius 1 is 1.09 bits per heavy atom. The van der Waals surface area contributed by atoms with E-state index in [0.29, 0.717) is 0 Å². The van der Waals surface area contributed by atoms with Crippen molar-refractivity contribution in [3.05, 3.63) is 65.0 Å². The highest BCUT2D eigenvalue weighted by atomic mass is 35.5. The van der Waals surface area contributed by atoms with Crippen molar-refractivity contribution in [2.24, 2.45) is 5.73 Å². The van der Waals surface area contributed by atoms with Crippen LogP contribution in [0.4, 0.5) is 0 Å². The van der Waals surface area contributed by atoms with Crippen LogP contribution < -0.4 is 5.73 Å². The number of hydrogen-bond acceptors (Lipinski definition) is 2. The lowest BCUT2D eigenvalue weighted by Crippen LogP contribution is -2.29. The van der Waals surface area contributed by atoms with E-state index in [-0.39, 0.29) is 24.4 Å². The molecule has 0 aliphatic heterocycles. The second kappa shape index (κ2) is 7.16. The summed E-state index contributed by atoms with van der Waals surface area (Å²) in [6.45, 7) is 6.37. The zero-order chi connectivity index (χ0) is 15.7. The van der Waals surface area contributed by atoms with E-state index in [4.69, 9.17) is 10.7 Å². The quantitative estimate of drug-likeness (QED) is 0.742. The molecule has 1 aromatic heterocycles. The maximum atomic E-state index is 6.40. The zero-order valence-corrected chi connectivity index (χ0v) is 14.7. The molecule has 1 heterocycles. The molecule has 0 bridgehead atoms. The van der Waals surface area contributed by atoms with E-state index in [1.54, 1.807) is 0 Å². The average molecular weight is 330 g/mol. The Morgan fingerprint density at radius 2 is 1.74 bits per heavy atom. The summed E-state index contributed by atoms with van der Waals surface area (Å²) in [6.07, 6.45) is 0.911. The predicted molar refractivity (Wildman–Crippen MR) is 99.4 cm³/mol. The molecular formula is C19H24ClN3. The highest BCUT2D eigenvalue weighted by Gasteiger charge is 2.23. The number of aromatic nitrogens is 2. The molecule has 3 rings (SSSR count). The van der Waals surface area contributed by atoms with Gasteiger partial charge in [0.25, 0.3) is 0 Å². The predicted octanol–water partition coefficient (Wildman–Crippen LogP) is 4.47. The molecule has 1 unspecified atom stereocenters. The zero-order valence-electron chi connectivity index (χ0n) is 13.8. The van der Waals surface area contributed by atoms with Gasteiger partial charge in [0.15, 0.2) is 0 Å². The molecule has 3 nitrogen and oxygen atoms in total. The van der Waals surface area contributed by atoms with E-state index in [0.717, 1.165) is 23.3 Å². The number of aromatic amines is 1. The fraction of sp³-hybridized carbons (Fsp3) is 0.316. The number of H-pyrrole nitrogens is 1. The molecule has 23 heavy (non-hydrogen) atoms. The lowest BCUT2D eigenvalue weighted by molar-refractivity contribution is 0.559. The molecule has 0 spiro atoms. The summed E-state index contributed by atoms with van der Waals surface area (Å²) >= 11 is 0. The van der Waals surface area contributed by atoms with Crippen LogP contribution in [0.5, 0.6) is 0 Å². The number of aryl methyl sites for hydroxylation is 2. The summed E-state index contributed by atoms with van der Waals surface area (Å²) in [7, 11) is 0. The van der Waals surface area contributed by atoms with Crippen LogP contribution in [0.25, 0.3) is 11.0 Å². The molecule has 4 heteroatoms. The number of hydrogen-bond donors (Lipinski definition) is 2. The molecule has 0 aliphatic carbocycles. The van der Waals surface area contributed by atoms with E-state index in [1.165, 1.54) is 16.7 Å². The van der Waals surface area contributed by atoms with Crippen molar-refractivity contribution in [1.29, 1.82) is 0 Å². The van der Waals surface area contributed by atoms with Crippen molar-refractivity contribution in [2.75, 3.05) is 0 Å². The van der Waals surface area contributed by atoms with Gasteiger partial charge in [-0.1, -0.05) is 37.3 Å². The highest BCUT2D eigenvalue weighted by molar-refractivity contribution is 5.85. The Kier molecular flexibility index (Phi) is 5.45. The highest BCUT2D eigenvalue weighted by Crippen LogP contribution is 2.29. The average Bonchev–Trinajstić information content (AvgIpc) is 2.91. The largest absolute Gasteiger partial charge is 0.341 e. The first-order chi connectivity index (χ1) is 10.6. The van der Waals surface area contributed by atoms with Crippen molar-refractivity contribution >= 4 is 23.4 Å². The van der Waals surface area contributed by atoms with Crippen LogP contribution in [0.3, 0.4) is 0 Å². The van der Waals surface area contributed by atoms with Gasteiger partial charge in [-0.15, -0.1) is 12.4 Å². The van der Waals surface area contributed by atoms with E-state index in [2.05, 4.69) is 62.2 Å². The third kappa shape index (κ3) is 3.41. The van der Waals surface area contributed by atoms with Crippen LogP contribution in [-0.4, -0.2) is 16.0 Å². The van der Waals surface area contributed by atoms with Crippen molar-refractivity contribution in [1.82, 2.24) is 9.97 Å². The first-order valence-corrected chi connectivity index (χ1v) is 7.87. The summed E-state index contributed by atoms with van der Waals surface area (Å²) in [6, 6.07) is 14.8. The molecule has 0 radical (unpaired) electrons.